The Hall–Kier alpha value is -0.630. The van der Waals surface area contributed by atoms with Crippen LogP contribution in [-0.4, -0.2) is 39.0 Å². The quantitative estimate of drug-likeness (QED) is 0.741. The van der Waals surface area contributed by atoms with Gasteiger partial charge in [0.1, 0.15) is 0 Å². The largest absolute Gasteiger partial charge is 0.399 e. The molecule has 1 aromatic rings. The zero-order valence-corrected chi connectivity index (χ0v) is 14.7. The molecular weight excluding hydrogens is 356 g/mol. The van der Waals surface area contributed by atoms with E-state index in [9.17, 15) is 8.42 Å². The number of methoxy groups -OCH3 is 1. The molecule has 1 atom stereocenters. The molecule has 7 heteroatoms. The zero-order valence-electron chi connectivity index (χ0n) is 12.3. The number of nitrogens with zero attached hydrogens (tertiary/aromatic N) is 1. The van der Waals surface area contributed by atoms with Gasteiger partial charge in [0.25, 0.3) is 0 Å². The Balaban J connectivity index is 2.35. The first kappa shape index (κ1) is 16.7. The van der Waals surface area contributed by atoms with Crippen molar-refractivity contribution in [1.82, 2.24) is 4.31 Å². The molecular formula is C14H21BrN2O3S. The number of nitrogens with two attached hydrogens (primary N) is 1. The molecule has 0 amide bonds. The smallest absolute Gasteiger partial charge is 0.244 e. The highest BCUT2D eigenvalue weighted by atomic mass is 79.9. The highest BCUT2D eigenvalue weighted by molar-refractivity contribution is 9.10. The average Bonchev–Trinajstić information content (AvgIpc) is 3.22. The molecule has 21 heavy (non-hydrogen) atoms. The number of nitrogen functional groups attached to an aromatic ring is 1. The van der Waals surface area contributed by atoms with Crippen molar-refractivity contribution in [2.24, 2.45) is 5.92 Å². The Labute approximate surface area is 134 Å². The second-order valence-electron chi connectivity index (χ2n) is 5.38. The van der Waals surface area contributed by atoms with Gasteiger partial charge >= 0.3 is 0 Å². The summed E-state index contributed by atoms with van der Waals surface area (Å²) >= 11 is 3.30. The van der Waals surface area contributed by atoms with E-state index < -0.39 is 10.0 Å². The number of ether oxygens (including phenoxy) is 1. The van der Waals surface area contributed by atoms with E-state index >= 15 is 0 Å². The Bertz CT molecular complexity index is 602. The lowest BCUT2D eigenvalue weighted by Crippen LogP contribution is -2.42. The summed E-state index contributed by atoms with van der Waals surface area (Å²) in [7, 11) is -2.00. The molecule has 118 valence electrons. The van der Waals surface area contributed by atoms with E-state index in [1.807, 2.05) is 6.92 Å². The molecule has 0 aromatic heterocycles. The van der Waals surface area contributed by atoms with E-state index in [4.69, 9.17) is 10.5 Å². The van der Waals surface area contributed by atoms with Crippen molar-refractivity contribution in [2.75, 3.05) is 26.0 Å². The van der Waals surface area contributed by atoms with Crippen LogP contribution in [0.15, 0.2) is 27.6 Å². The van der Waals surface area contributed by atoms with Crippen LogP contribution in [0, 0.1) is 5.92 Å². The predicted molar refractivity (Wildman–Crippen MR) is 86.5 cm³/mol. The van der Waals surface area contributed by atoms with Crippen LogP contribution in [0.3, 0.4) is 0 Å². The fraction of sp³-hybridized carbons (Fsp3) is 0.571. The molecule has 1 aliphatic carbocycles. The van der Waals surface area contributed by atoms with E-state index in [0.717, 1.165) is 12.8 Å². The third kappa shape index (κ3) is 3.77. The lowest BCUT2D eigenvalue weighted by Gasteiger charge is -2.28. The van der Waals surface area contributed by atoms with Crippen molar-refractivity contribution >= 4 is 31.6 Å². The topological polar surface area (TPSA) is 72.6 Å². The maximum Gasteiger partial charge on any atom is 0.244 e. The zero-order chi connectivity index (χ0) is 15.6. The van der Waals surface area contributed by atoms with Gasteiger partial charge in [0, 0.05) is 29.9 Å². The summed E-state index contributed by atoms with van der Waals surface area (Å²) in [5.41, 5.74) is 6.21. The first-order valence-corrected chi connectivity index (χ1v) is 9.17. The molecule has 0 aliphatic heterocycles. The van der Waals surface area contributed by atoms with E-state index in [-0.39, 0.29) is 10.9 Å². The summed E-state index contributed by atoms with van der Waals surface area (Å²) in [6.45, 7) is 2.70. The Kier molecular flexibility index (Phi) is 5.29. The molecule has 1 aliphatic rings. The van der Waals surface area contributed by atoms with Gasteiger partial charge in [0.05, 0.1) is 11.5 Å². The fourth-order valence-corrected chi connectivity index (χ4v) is 5.12. The summed E-state index contributed by atoms with van der Waals surface area (Å²) in [5, 5.41) is 0. The molecule has 1 saturated carbocycles. The van der Waals surface area contributed by atoms with Crippen LogP contribution in [0.25, 0.3) is 0 Å². The van der Waals surface area contributed by atoms with Crippen molar-refractivity contribution in [3.05, 3.63) is 22.7 Å². The standard InChI is InChI=1S/C14H21BrN2O3S/c1-10(11-3-4-11)17(7-8-20-2)21(18,19)14-6-5-12(16)9-13(14)15/h5-6,9-11H,3-4,7-8,16H2,1-2H3. The van der Waals surface area contributed by atoms with Gasteiger partial charge in [0.2, 0.25) is 10.0 Å². The number of halogens is 1. The van der Waals surface area contributed by atoms with Gasteiger partial charge in [-0.3, -0.25) is 0 Å². The van der Waals surface area contributed by atoms with E-state index in [0.29, 0.717) is 29.2 Å². The number of benzene rings is 1. The molecule has 1 unspecified atom stereocenters. The van der Waals surface area contributed by atoms with Crippen LogP contribution in [0.1, 0.15) is 19.8 Å². The first-order valence-electron chi connectivity index (χ1n) is 6.93. The Morgan fingerprint density at radius 3 is 2.67 bits per heavy atom. The van der Waals surface area contributed by atoms with E-state index in [1.54, 1.807) is 29.6 Å². The van der Waals surface area contributed by atoms with Gasteiger partial charge < -0.3 is 10.5 Å². The summed E-state index contributed by atoms with van der Waals surface area (Å²) in [5.74, 6) is 0.448. The number of hydrogen-bond acceptors (Lipinski definition) is 4. The van der Waals surface area contributed by atoms with Crippen molar-refractivity contribution < 1.29 is 13.2 Å². The van der Waals surface area contributed by atoms with Gasteiger partial charge in [0.15, 0.2) is 0 Å². The number of sulfonamides is 1. The van der Waals surface area contributed by atoms with Crippen molar-refractivity contribution in [1.29, 1.82) is 0 Å². The maximum atomic E-state index is 12.9. The summed E-state index contributed by atoms with van der Waals surface area (Å²) in [6.07, 6.45) is 2.17. The molecule has 0 radical (unpaired) electrons. The molecule has 2 N–H and O–H groups in total. The highest BCUT2D eigenvalue weighted by Crippen LogP contribution is 2.38. The summed E-state index contributed by atoms with van der Waals surface area (Å²) in [4.78, 5) is 0.250. The lowest BCUT2D eigenvalue weighted by molar-refractivity contribution is 0.164. The number of rotatable bonds is 7. The minimum atomic E-state index is -3.57. The second-order valence-corrected chi connectivity index (χ2v) is 8.09. The SMILES string of the molecule is COCCN(C(C)C1CC1)S(=O)(=O)c1ccc(N)cc1Br. The molecule has 0 saturated heterocycles. The van der Waals surface area contributed by atoms with Gasteiger partial charge in [-0.15, -0.1) is 0 Å². The molecule has 0 bridgehead atoms. The van der Waals surface area contributed by atoms with Gasteiger partial charge in [-0.05, 0) is 59.8 Å². The van der Waals surface area contributed by atoms with Crippen LogP contribution in [0.2, 0.25) is 0 Å². The van der Waals surface area contributed by atoms with Crippen LogP contribution < -0.4 is 5.73 Å². The average molecular weight is 377 g/mol. The summed E-state index contributed by atoms with van der Waals surface area (Å²) < 4.78 is 33.0. The molecule has 2 rings (SSSR count). The molecule has 5 nitrogen and oxygen atoms in total. The number of anilines is 1. The van der Waals surface area contributed by atoms with E-state index in [1.165, 1.54) is 0 Å². The molecule has 0 spiro atoms. The normalized spacial score (nSPS) is 17.1. The first-order chi connectivity index (χ1) is 9.87. The second kappa shape index (κ2) is 6.64. The molecule has 1 fully saturated rings. The Morgan fingerprint density at radius 1 is 1.48 bits per heavy atom. The van der Waals surface area contributed by atoms with Crippen LogP contribution in [-0.2, 0) is 14.8 Å². The third-order valence-corrected chi connectivity index (χ3v) is 6.78. The maximum absolute atomic E-state index is 12.9. The summed E-state index contributed by atoms with van der Waals surface area (Å²) in [6, 6.07) is 4.75. The lowest BCUT2D eigenvalue weighted by atomic mass is 10.2. The van der Waals surface area contributed by atoms with Crippen molar-refractivity contribution in [2.45, 2.75) is 30.7 Å². The van der Waals surface area contributed by atoms with Gasteiger partial charge in [-0.1, -0.05) is 0 Å². The Morgan fingerprint density at radius 2 is 2.14 bits per heavy atom. The number of hydrogen-bond donors (Lipinski definition) is 1. The predicted octanol–water partition coefficient (Wildman–Crippen LogP) is 2.47. The van der Waals surface area contributed by atoms with Gasteiger partial charge in [-0.2, -0.15) is 4.31 Å². The molecule has 0 heterocycles. The van der Waals surface area contributed by atoms with Crippen LogP contribution in [0.5, 0.6) is 0 Å². The fourth-order valence-electron chi connectivity index (χ4n) is 2.39. The minimum absolute atomic E-state index is 0.0189. The highest BCUT2D eigenvalue weighted by Gasteiger charge is 2.38. The van der Waals surface area contributed by atoms with Crippen molar-refractivity contribution in [3.8, 4) is 0 Å². The van der Waals surface area contributed by atoms with Crippen LogP contribution in [0.4, 0.5) is 5.69 Å². The monoisotopic (exact) mass is 376 g/mol. The minimum Gasteiger partial charge on any atom is -0.399 e. The van der Waals surface area contributed by atoms with Crippen LogP contribution >= 0.6 is 15.9 Å². The van der Waals surface area contributed by atoms with E-state index in [2.05, 4.69) is 15.9 Å². The third-order valence-electron chi connectivity index (χ3n) is 3.82. The van der Waals surface area contributed by atoms with Crippen molar-refractivity contribution in [3.63, 3.8) is 0 Å². The van der Waals surface area contributed by atoms with Gasteiger partial charge in [-0.25, -0.2) is 8.42 Å². The molecule has 1 aromatic carbocycles.